The van der Waals surface area contributed by atoms with E-state index >= 15 is 0 Å². The second-order valence-electron chi connectivity index (χ2n) is 3.90. The lowest BCUT2D eigenvalue weighted by Gasteiger charge is -2.03. The van der Waals surface area contributed by atoms with Crippen molar-refractivity contribution in [1.29, 1.82) is 0 Å². The molecule has 0 unspecified atom stereocenters. The van der Waals surface area contributed by atoms with Gasteiger partial charge in [-0.2, -0.15) is 0 Å². The van der Waals surface area contributed by atoms with E-state index < -0.39 is 0 Å². The van der Waals surface area contributed by atoms with Gasteiger partial charge in [0.05, 0.1) is 25.2 Å². The van der Waals surface area contributed by atoms with E-state index in [4.69, 9.17) is 4.74 Å². The zero-order valence-corrected chi connectivity index (χ0v) is 9.74. The van der Waals surface area contributed by atoms with Crippen LogP contribution in [0.2, 0.25) is 0 Å². The molecule has 3 nitrogen and oxygen atoms in total. The highest BCUT2D eigenvalue weighted by Crippen LogP contribution is 2.06. The van der Waals surface area contributed by atoms with Gasteiger partial charge in [-0.05, 0) is 24.6 Å². The van der Waals surface area contributed by atoms with E-state index in [-0.39, 0.29) is 5.82 Å². The molecule has 4 heteroatoms. The first-order chi connectivity index (χ1) is 8.25. The van der Waals surface area contributed by atoms with Gasteiger partial charge in [0.15, 0.2) is 0 Å². The van der Waals surface area contributed by atoms with Gasteiger partial charge in [0.2, 0.25) is 0 Å². The minimum Gasteiger partial charge on any atom is -0.376 e. The molecule has 2 rings (SSSR count). The minimum atomic E-state index is -0.221. The minimum absolute atomic E-state index is 0.221. The first-order valence-corrected chi connectivity index (χ1v) is 5.57. The topological polar surface area (TPSA) is 37.9 Å². The van der Waals surface area contributed by atoms with Crippen LogP contribution in [-0.2, 0) is 17.8 Å². The van der Waals surface area contributed by atoms with Crippen molar-refractivity contribution in [2.45, 2.75) is 20.0 Å². The molecule has 0 spiro atoms. The lowest BCUT2D eigenvalue weighted by atomic mass is 10.2. The SMILES string of the molecule is Cc1[nH]cnc1CCOCc1ccc(F)cc1. The predicted molar refractivity (Wildman–Crippen MR) is 63.1 cm³/mol. The van der Waals surface area contributed by atoms with Crippen LogP contribution in [0, 0.1) is 12.7 Å². The van der Waals surface area contributed by atoms with Gasteiger partial charge in [-0.1, -0.05) is 12.1 Å². The first kappa shape index (κ1) is 11.8. The van der Waals surface area contributed by atoms with Gasteiger partial charge in [-0.25, -0.2) is 9.37 Å². The van der Waals surface area contributed by atoms with Crippen molar-refractivity contribution >= 4 is 0 Å². The maximum Gasteiger partial charge on any atom is 0.123 e. The Kier molecular flexibility index (Phi) is 3.88. The summed E-state index contributed by atoms with van der Waals surface area (Å²) in [5, 5.41) is 0. The van der Waals surface area contributed by atoms with Crippen molar-refractivity contribution < 1.29 is 9.13 Å². The average Bonchev–Trinajstić information content (AvgIpc) is 2.73. The van der Waals surface area contributed by atoms with Gasteiger partial charge >= 0.3 is 0 Å². The van der Waals surface area contributed by atoms with E-state index in [9.17, 15) is 4.39 Å². The van der Waals surface area contributed by atoms with Gasteiger partial charge in [0, 0.05) is 12.1 Å². The van der Waals surface area contributed by atoms with Crippen molar-refractivity contribution in [2.24, 2.45) is 0 Å². The molecule has 0 aliphatic carbocycles. The summed E-state index contributed by atoms with van der Waals surface area (Å²) in [6.45, 7) is 3.11. The molecular formula is C13H15FN2O. The average molecular weight is 234 g/mol. The fourth-order valence-electron chi connectivity index (χ4n) is 1.58. The van der Waals surface area contributed by atoms with E-state index in [0.717, 1.165) is 23.4 Å². The molecule has 0 aliphatic rings. The summed E-state index contributed by atoms with van der Waals surface area (Å²) in [5.41, 5.74) is 3.09. The highest BCUT2D eigenvalue weighted by Gasteiger charge is 2.00. The number of nitrogens with one attached hydrogen (secondary N) is 1. The fourth-order valence-corrected chi connectivity index (χ4v) is 1.58. The largest absolute Gasteiger partial charge is 0.376 e. The number of halogens is 1. The molecule has 2 aromatic rings. The summed E-state index contributed by atoms with van der Waals surface area (Å²) in [6, 6.07) is 6.34. The van der Waals surface area contributed by atoms with Crippen LogP contribution >= 0.6 is 0 Å². The van der Waals surface area contributed by atoms with Crippen LogP contribution in [0.5, 0.6) is 0 Å². The van der Waals surface area contributed by atoms with Crippen LogP contribution in [-0.4, -0.2) is 16.6 Å². The van der Waals surface area contributed by atoms with Crippen molar-refractivity contribution in [3.05, 3.63) is 53.4 Å². The quantitative estimate of drug-likeness (QED) is 0.807. The number of benzene rings is 1. The number of aromatic amines is 1. The second kappa shape index (κ2) is 5.59. The molecule has 0 radical (unpaired) electrons. The van der Waals surface area contributed by atoms with E-state index in [2.05, 4.69) is 9.97 Å². The number of hydrogen-bond acceptors (Lipinski definition) is 2. The third-order valence-corrected chi connectivity index (χ3v) is 2.60. The van der Waals surface area contributed by atoms with Crippen molar-refractivity contribution in [2.75, 3.05) is 6.61 Å². The van der Waals surface area contributed by atoms with E-state index in [1.165, 1.54) is 12.1 Å². The van der Waals surface area contributed by atoms with Crippen LogP contribution in [0.4, 0.5) is 4.39 Å². The molecule has 0 amide bonds. The number of aryl methyl sites for hydroxylation is 1. The number of rotatable bonds is 5. The number of aromatic nitrogens is 2. The summed E-state index contributed by atoms with van der Waals surface area (Å²) >= 11 is 0. The van der Waals surface area contributed by atoms with Crippen LogP contribution in [0.3, 0.4) is 0 Å². The molecule has 17 heavy (non-hydrogen) atoms. The zero-order valence-electron chi connectivity index (χ0n) is 9.74. The van der Waals surface area contributed by atoms with E-state index in [1.807, 2.05) is 6.92 Å². The molecule has 1 aromatic heterocycles. The third kappa shape index (κ3) is 3.39. The summed E-state index contributed by atoms with van der Waals surface area (Å²) in [6.07, 6.45) is 2.47. The van der Waals surface area contributed by atoms with Crippen LogP contribution in [0.1, 0.15) is 17.0 Å². The molecule has 0 bridgehead atoms. The standard InChI is InChI=1S/C13H15FN2O/c1-10-13(16-9-15-10)6-7-17-8-11-2-4-12(14)5-3-11/h2-5,9H,6-8H2,1H3,(H,15,16). The molecule has 0 saturated heterocycles. The lowest BCUT2D eigenvalue weighted by Crippen LogP contribution is -2.00. The Bertz CT molecular complexity index is 465. The number of nitrogens with zero attached hydrogens (tertiary/aromatic N) is 1. The van der Waals surface area contributed by atoms with Crippen LogP contribution < -0.4 is 0 Å². The van der Waals surface area contributed by atoms with E-state index in [1.54, 1.807) is 18.5 Å². The van der Waals surface area contributed by atoms with Crippen molar-refractivity contribution in [3.63, 3.8) is 0 Å². The number of ether oxygens (including phenoxy) is 1. The van der Waals surface area contributed by atoms with Gasteiger partial charge in [-0.15, -0.1) is 0 Å². The Balaban J connectivity index is 1.73. The molecule has 0 atom stereocenters. The molecule has 1 N–H and O–H groups in total. The Labute approximate surface area is 99.7 Å². The predicted octanol–water partition coefficient (Wildman–Crippen LogP) is 2.62. The van der Waals surface area contributed by atoms with Crippen LogP contribution in [0.25, 0.3) is 0 Å². The number of imidazole rings is 1. The molecule has 1 aromatic carbocycles. The van der Waals surface area contributed by atoms with Crippen molar-refractivity contribution in [3.8, 4) is 0 Å². The highest BCUT2D eigenvalue weighted by molar-refractivity contribution is 5.15. The Morgan fingerprint density at radius 2 is 2.06 bits per heavy atom. The molecule has 1 heterocycles. The third-order valence-electron chi connectivity index (χ3n) is 2.60. The molecule has 0 saturated carbocycles. The normalized spacial score (nSPS) is 10.7. The zero-order chi connectivity index (χ0) is 12.1. The maximum atomic E-state index is 12.7. The fraction of sp³-hybridized carbons (Fsp3) is 0.308. The van der Waals surface area contributed by atoms with E-state index in [0.29, 0.717) is 13.2 Å². The molecule has 90 valence electrons. The summed E-state index contributed by atoms with van der Waals surface area (Å²) in [5.74, 6) is -0.221. The summed E-state index contributed by atoms with van der Waals surface area (Å²) in [7, 11) is 0. The first-order valence-electron chi connectivity index (χ1n) is 5.57. The smallest absolute Gasteiger partial charge is 0.123 e. The maximum absolute atomic E-state index is 12.7. The Morgan fingerprint density at radius 1 is 1.29 bits per heavy atom. The molecule has 0 aliphatic heterocycles. The van der Waals surface area contributed by atoms with Gasteiger partial charge in [0.1, 0.15) is 5.82 Å². The van der Waals surface area contributed by atoms with Crippen LogP contribution in [0.15, 0.2) is 30.6 Å². The number of hydrogen-bond donors (Lipinski definition) is 1. The lowest BCUT2D eigenvalue weighted by molar-refractivity contribution is 0.123. The van der Waals surface area contributed by atoms with Gasteiger partial charge < -0.3 is 9.72 Å². The number of H-pyrrole nitrogens is 1. The van der Waals surface area contributed by atoms with Crippen molar-refractivity contribution in [1.82, 2.24) is 9.97 Å². The highest BCUT2D eigenvalue weighted by atomic mass is 19.1. The monoisotopic (exact) mass is 234 g/mol. The van der Waals surface area contributed by atoms with Gasteiger partial charge in [-0.3, -0.25) is 0 Å². The molecule has 0 fully saturated rings. The Hall–Kier alpha value is -1.68. The Morgan fingerprint density at radius 3 is 2.71 bits per heavy atom. The van der Waals surface area contributed by atoms with Gasteiger partial charge in [0.25, 0.3) is 0 Å². The molecular weight excluding hydrogens is 219 g/mol. The summed E-state index contributed by atoms with van der Waals surface area (Å²) < 4.78 is 18.2. The summed E-state index contributed by atoms with van der Waals surface area (Å²) in [4.78, 5) is 7.21. The second-order valence-corrected chi connectivity index (χ2v) is 3.90.